The highest BCUT2D eigenvalue weighted by molar-refractivity contribution is 5.20. The fourth-order valence-corrected chi connectivity index (χ4v) is 2.02. The van der Waals surface area contributed by atoms with Gasteiger partial charge in [-0.1, -0.05) is 19.1 Å². The average molecular weight is 263 g/mol. The third kappa shape index (κ3) is 3.66. The van der Waals surface area contributed by atoms with Gasteiger partial charge in [0.15, 0.2) is 0 Å². The Kier molecular flexibility index (Phi) is 4.71. The summed E-state index contributed by atoms with van der Waals surface area (Å²) in [5.41, 5.74) is 0.709. The molecule has 2 rings (SSSR count). The molecule has 2 atom stereocenters. The topological polar surface area (TPSA) is 45.4 Å². The minimum atomic E-state index is -0.666. The molecular weight excluding hydrogens is 245 g/mol. The van der Waals surface area contributed by atoms with E-state index in [1.807, 2.05) is 19.1 Å². The Labute approximate surface area is 112 Å². The highest BCUT2D eigenvalue weighted by Gasteiger charge is 2.19. The number of halogens is 1. The number of hydrogen-bond acceptors (Lipinski definition) is 3. The molecule has 0 radical (unpaired) electrons. The Bertz CT molecular complexity index is 481. The summed E-state index contributed by atoms with van der Waals surface area (Å²) in [6, 6.07) is 9.54. The molecule has 4 heteroatoms. The van der Waals surface area contributed by atoms with Crippen LogP contribution in [0, 0.1) is 5.82 Å². The maximum absolute atomic E-state index is 12.9. The second-order valence-electron chi connectivity index (χ2n) is 4.47. The Balaban J connectivity index is 1.98. The summed E-state index contributed by atoms with van der Waals surface area (Å²) >= 11 is 0. The summed E-state index contributed by atoms with van der Waals surface area (Å²) in [5, 5.41) is 13.5. The standard InChI is InChI=1S/C15H18FNO2/c1-2-14(17-10-13-4-3-9-19-13)15(18)11-5-7-12(16)8-6-11/h3-9,14-15,17-18H,2,10H2,1H3. The van der Waals surface area contributed by atoms with Crippen LogP contribution < -0.4 is 5.32 Å². The molecule has 0 bridgehead atoms. The zero-order valence-corrected chi connectivity index (χ0v) is 10.8. The minimum absolute atomic E-state index is 0.101. The Morgan fingerprint density at radius 1 is 1.26 bits per heavy atom. The molecule has 1 aromatic heterocycles. The molecule has 0 saturated heterocycles. The van der Waals surface area contributed by atoms with Crippen LogP contribution in [-0.4, -0.2) is 11.1 Å². The van der Waals surface area contributed by atoms with E-state index in [4.69, 9.17) is 4.42 Å². The summed E-state index contributed by atoms with van der Waals surface area (Å²) < 4.78 is 18.1. The number of nitrogens with one attached hydrogen (secondary N) is 1. The second kappa shape index (κ2) is 6.50. The first-order valence-corrected chi connectivity index (χ1v) is 6.40. The largest absolute Gasteiger partial charge is 0.468 e. The third-order valence-corrected chi connectivity index (χ3v) is 3.15. The van der Waals surface area contributed by atoms with Crippen LogP contribution in [0.2, 0.25) is 0 Å². The third-order valence-electron chi connectivity index (χ3n) is 3.15. The van der Waals surface area contributed by atoms with Crippen molar-refractivity contribution in [2.45, 2.75) is 32.0 Å². The molecule has 0 aliphatic rings. The second-order valence-corrected chi connectivity index (χ2v) is 4.47. The molecule has 2 aromatic rings. The molecule has 3 nitrogen and oxygen atoms in total. The summed E-state index contributed by atoms with van der Waals surface area (Å²) in [7, 11) is 0. The van der Waals surface area contributed by atoms with Gasteiger partial charge in [0.05, 0.1) is 18.9 Å². The van der Waals surface area contributed by atoms with E-state index >= 15 is 0 Å². The van der Waals surface area contributed by atoms with Gasteiger partial charge in [0.2, 0.25) is 0 Å². The van der Waals surface area contributed by atoms with Gasteiger partial charge in [0.1, 0.15) is 11.6 Å². The normalized spacial score (nSPS) is 14.3. The summed E-state index contributed by atoms with van der Waals surface area (Å²) in [4.78, 5) is 0. The Morgan fingerprint density at radius 3 is 2.58 bits per heavy atom. The molecule has 0 aliphatic carbocycles. The fraction of sp³-hybridized carbons (Fsp3) is 0.333. The number of rotatable bonds is 6. The molecule has 0 saturated carbocycles. The van der Waals surface area contributed by atoms with E-state index in [0.29, 0.717) is 12.1 Å². The van der Waals surface area contributed by atoms with Gasteiger partial charge < -0.3 is 14.8 Å². The number of aliphatic hydroxyl groups is 1. The van der Waals surface area contributed by atoms with Crippen molar-refractivity contribution in [2.24, 2.45) is 0 Å². The van der Waals surface area contributed by atoms with Crippen LogP contribution >= 0.6 is 0 Å². The fourth-order valence-electron chi connectivity index (χ4n) is 2.02. The lowest BCUT2D eigenvalue weighted by molar-refractivity contribution is 0.124. The van der Waals surface area contributed by atoms with E-state index in [-0.39, 0.29) is 11.9 Å². The van der Waals surface area contributed by atoms with Crippen LogP contribution in [0.4, 0.5) is 4.39 Å². The van der Waals surface area contributed by atoms with Crippen LogP contribution in [-0.2, 0) is 6.54 Å². The first-order valence-electron chi connectivity index (χ1n) is 6.40. The molecule has 0 spiro atoms. The van der Waals surface area contributed by atoms with E-state index in [1.165, 1.54) is 12.1 Å². The van der Waals surface area contributed by atoms with Gasteiger partial charge in [0, 0.05) is 6.04 Å². The summed E-state index contributed by atoms with van der Waals surface area (Å²) in [6.45, 7) is 2.55. The van der Waals surface area contributed by atoms with Gasteiger partial charge in [-0.05, 0) is 36.2 Å². The van der Waals surface area contributed by atoms with Crippen LogP contribution in [0.3, 0.4) is 0 Å². The predicted octanol–water partition coefficient (Wildman–Crippen LogP) is 3.02. The van der Waals surface area contributed by atoms with Crippen LogP contribution in [0.1, 0.15) is 30.8 Å². The van der Waals surface area contributed by atoms with Gasteiger partial charge in [-0.25, -0.2) is 4.39 Å². The van der Waals surface area contributed by atoms with Crippen molar-refractivity contribution in [3.63, 3.8) is 0 Å². The van der Waals surface area contributed by atoms with Gasteiger partial charge in [-0.15, -0.1) is 0 Å². The van der Waals surface area contributed by atoms with Crippen LogP contribution in [0.5, 0.6) is 0 Å². The van der Waals surface area contributed by atoms with E-state index in [0.717, 1.165) is 12.2 Å². The van der Waals surface area contributed by atoms with Gasteiger partial charge in [-0.2, -0.15) is 0 Å². The quantitative estimate of drug-likeness (QED) is 0.842. The maximum atomic E-state index is 12.9. The molecule has 0 amide bonds. The molecule has 1 heterocycles. The predicted molar refractivity (Wildman–Crippen MR) is 71.0 cm³/mol. The van der Waals surface area contributed by atoms with E-state index in [1.54, 1.807) is 18.4 Å². The monoisotopic (exact) mass is 263 g/mol. The molecule has 19 heavy (non-hydrogen) atoms. The van der Waals surface area contributed by atoms with Gasteiger partial charge in [-0.3, -0.25) is 0 Å². The summed E-state index contributed by atoms with van der Waals surface area (Å²) in [5.74, 6) is 0.525. The van der Waals surface area contributed by atoms with Crippen molar-refractivity contribution in [1.82, 2.24) is 5.32 Å². The highest BCUT2D eigenvalue weighted by atomic mass is 19.1. The number of aliphatic hydroxyl groups excluding tert-OH is 1. The maximum Gasteiger partial charge on any atom is 0.123 e. The molecular formula is C15H18FNO2. The van der Waals surface area contributed by atoms with E-state index in [9.17, 15) is 9.50 Å². The zero-order valence-electron chi connectivity index (χ0n) is 10.8. The minimum Gasteiger partial charge on any atom is -0.468 e. The lowest BCUT2D eigenvalue weighted by Gasteiger charge is -2.23. The lowest BCUT2D eigenvalue weighted by atomic mass is 10.0. The van der Waals surface area contributed by atoms with Crippen molar-refractivity contribution in [1.29, 1.82) is 0 Å². The van der Waals surface area contributed by atoms with Crippen molar-refractivity contribution in [2.75, 3.05) is 0 Å². The van der Waals surface area contributed by atoms with Crippen LogP contribution in [0.15, 0.2) is 47.1 Å². The van der Waals surface area contributed by atoms with Crippen molar-refractivity contribution < 1.29 is 13.9 Å². The molecule has 102 valence electrons. The van der Waals surface area contributed by atoms with Crippen molar-refractivity contribution >= 4 is 0 Å². The van der Waals surface area contributed by atoms with Crippen molar-refractivity contribution in [3.8, 4) is 0 Å². The molecule has 0 fully saturated rings. The number of benzene rings is 1. The number of hydrogen-bond donors (Lipinski definition) is 2. The highest BCUT2D eigenvalue weighted by Crippen LogP contribution is 2.19. The molecule has 2 unspecified atom stereocenters. The molecule has 1 aromatic carbocycles. The average Bonchev–Trinajstić information content (AvgIpc) is 2.93. The van der Waals surface area contributed by atoms with Crippen LogP contribution in [0.25, 0.3) is 0 Å². The smallest absolute Gasteiger partial charge is 0.123 e. The van der Waals surface area contributed by atoms with E-state index in [2.05, 4.69) is 5.32 Å². The van der Waals surface area contributed by atoms with Gasteiger partial charge >= 0.3 is 0 Å². The zero-order chi connectivity index (χ0) is 13.7. The number of furan rings is 1. The lowest BCUT2D eigenvalue weighted by Crippen LogP contribution is -2.33. The SMILES string of the molecule is CCC(NCc1ccco1)C(O)c1ccc(F)cc1. The first kappa shape index (κ1) is 13.8. The van der Waals surface area contributed by atoms with Gasteiger partial charge in [0.25, 0.3) is 0 Å². The Hall–Kier alpha value is -1.65. The molecule has 0 aliphatic heterocycles. The summed E-state index contributed by atoms with van der Waals surface area (Å²) in [6.07, 6.45) is 1.72. The van der Waals surface area contributed by atoms with E-state index < -0.39 is 6.10 Å². The Morgan fingerprint density at radius 2 is 2.00 bits per heavy atom. The van der Waals surface area contributed by atoms with Crippen molar-refractivity contribution in [3.05, 3.63) is 59.8 Å². The first-order chi connectivity index (χ1) is 9.20. The molecule has 2 N–H and O–H groups in total.